The van der Waals surface area contributed by atoms with Crippen molar-refractivity contribution in [1.82, 2.24) is 5.32 Å². The third-order valence-corrected chi connectivity index (χ3v) is 2.80. The Balaban J connectivity index is 2.36. The van der Waals surface area contributed by atoms with E-state index in [9.17, 15) is 14.4 Å². The average Bonchev–Trinajstić information content (AvgIpc) is 2.55. The number of aliphatic carboxylic acids is 1. The molecule has 0 radical (unpaired) electrons. The molecule has 0 saturated heterocycles. The van der Waals surface area contributed by atoms with E-state index in [2.05, 4.69) is 16.6 Å². The fraction of sp³-hybridized carbons (Fsp3) is 0.312. The third kappa shape index (κ3) is 7.66. The number of alkyl carbamates (subject to hydrolysis) is 1. The van der Waals surface area contributed by atoms with E-state index in [1.165, 1.54) is 6.08 Å². The summed E-state index contributed by atoms with van der Waals surface area (Å²) in [5.41, 5.74) is 0.835. The highest BCUT2D eigenvalue weighted by Crippen LogP contribution is 2.05. The molecule has 0 fully saturated rings. The predicted octanol–water partition coefficient (Wildman–Crippen LogP) is 1.88. The van der Waals surface area contributed by atoms with E-state index in [4.69, 9.17) is 9.84 Å². The molecule has 0 spiro atoms. The molecule has 0 aliphatic carbocycles. The third-order valence-electron chi connectivity index (χ3n) is 2.80. The summed E-state index contributed by atoms with van der Waals surface area (Å²) in [6.07, 6.45) is 0.253. The summed E-state index contributed by atoms with van der Waals surface area (Å²) in [6.45, 7) is 3.46. The maximum Gasteiger partial charge on any atom is 0.408 e. The van der Waals surface area contributed by atoms with Gasteiger partial charge in [-0.05, 0) is 12.0 Å². The van der Waals surface area contributed by atoms with E-state index in [0.29, 0.717) is 0 Å². The second kappa shape index (κ2) is 9.99. The number of esters is 1. The lowest BCUT2D eigenvalue weighted by atomic mass is 10.1. The molecule has 0 saturated carbocycles. The second-order valence-corrected chi connectivity index (χ2v) is 4.61. The molecule has 1 aromatic rings. The Labute approximate surface area is 133 Å². The highest BCUT2D eigenvalue weighted by molar-refractivity contribution is 5.80. The molecule has 0 unspecified atom stereocenters. The summed E-state index contributed by atoms with van der Waals surface area (Å²) in [6, 6.07) is 7.89. The van der Waals surface area contributed by atoms with E-state index in [1.54, 1.807) is 0 Å². The predicted molar refractivity (Wildman–Crippen MR) is 81.6 cm³/mol. The van der Waals surface area contributed by atoms with E-state index in [0.717, 1.165) is 5.56 Å². The molecule has 2 N–H and O–H groups in total. The van der Waals surface area contributed by atoms with Crippen molar-refractivity contribution in [2.24, 2.45) is 0 Å². The van der Waals surface area contributed by atoms with Gasteiger partial charge >= 0.3 is 18.0 Å². The molecular weight excluding hydrogens is 302 g/mol. The molecule has 0 aromatic heterocycles. The zero-order valence-corrected chi connectivity index (χ0v) is 12.6. The Bertz CT molecular complexity index is 543. The number of hydrogen-bond acceptors (Lipinski definition) is 5. The molecule has 1 rings (SSSR count). The largest absolute Gasteiger partial charge is 0.480 e. The summed E-state index contributed by atoms with van der Waals surface area (Å²) in [5.74, 6) is -1.79. The molecule has 0 aliphatic rings. The molecule has 1 atom stereocenters. The van der Waals surface area contributed by atoms with Crippen LogP contribution in [0.2, 0.25) is 0 Å². The fourth-order valence-electron chi connectivity index (χ4n) is 1.65. The van der Waals surface area contributed by atoms with Crippen molar-refractivity contribution in [1.29, 1.82) is 0 Å². The van der Waals surface area contributed by atoms with Gasteiger partial charge < -0.3 is 19.9 Å². The van der Waals surface area contributed by atoms with Crippen molar-refractivity contribution in [3.63, 3.8) is 0 Å². The number of nitrogens with one attached hydrogen (secondary N) is 1. The SMILES string of the molecule is C=CCOC(=O)N[C@H](CCC(=O)OCc1ccccc1)C(=O)O. The topological polar surface area (TPSA) is 102 Å². The smallest absolute Gasteiger partial charge is 0.408 e. The number of carbonyl (C=O) groups is 3. The van der Waals surface area contributed by atoms with Gasteiger partial charge in [0.25, 0.3) is 0 Å². The summed E-state index contributed by atoms with van der Waals surface area (Å²) < 4.78 is 9.68. The van der Waals surface area contributed by atoms with Crippen LogP contribution in [0.3, 0.4) is 0 Å². The zero-order valence-electron chi connectivity index (χ0n) is 12.6. The van der Waals surface area contributed by atoms with Crippen LogP contribution in [0.4, 0.5) is 4.79 Å². The van der Waals surface area contributed by atoms with Gasteiger partial charge in [0, 0.05) is 6.42 Å². The van der Waals surface area contributed by atoms with Crippen molar-refractivity contribution in [3.05, 3.63) is 48.6 Å². The number of hydrogen-bond donors (Lipinski definition) is 2. The molecule has 0 bridgehead atoms. The van der Waals surface area contributed by atoms with Crippen LogP contribution in [0.15, 0.2) is 43.0 Å². The van der Waals surface area contributed by atoms with Gasteiger partial charge in [0.05, 0.1) is 0 Å². The minimum absolute atomic E-state index is 0.0305. The van der Waals surface area contributed by atoms with Crippen LogP contribution in [-0.2, 0) is 25.7 Å². The summed E-state index contributed by atoms with van der Waals surface area (Å²) >= 11 is 0. The number of amides is 1. The Kier molecular flexibility index (Phi) is 7.91. The highest BCUT2D eigenvalue weighted by atomic mass is 16.5. The Hall–Kier alpha value is -2.83. The zero-order chi connectivity index (χ0) is 17.1. The van der Waals surface area contributed by atoms with Crippen LogP contribution in [0.5, 0.6) is 0 Å². The number of carboxylic acids is 1. The molecule has 1 amide bonds. The van der Waals surface area contributed by atoms with E-state index in [-0.39, 0.29) is 26.1 Å². The van der Waals surface area contributed by atoms with Crippen molar-refractivity contribution in [2.75, 3.05) is 6.61 Å². The maximum atomic E-state index is 11.6. The van der Waals surface area contributed by atoms with Crippen molar-refractivity contribution < 1.29 is 29.0 Å². The second-order valence-electron chi connectivity index (χ2n) is 4.61. The molecular formula is C16H19NO6. The highest BCUT2D eigenvalue weighted by Gasteiger charge is 2.22. The molecule has 124 valence electrons. The van der Waals surface area contributed by atoms with Gasteiger partial charge in [0.1, 0.15) is 19.3 Å². The average molecular weight is 321 g/mol. The monoisotopic (exact) mass is 321 g/mol. The molecule has 1 aromatic carbocycles. The van der Waals surface area contributed by atoms with Crippen molar-refractivity contribution >= 4 is 18.0 Å². The van der Waals surface area contributed by atoms with Gasteiger partial charge in [0.15, 0.2) is 0 Å². The van der Waals surface area contributed by atoms with Gasteiger partial charge in [-0.1, -0.05) is 43.0 Å². The van der Waals surface area contributed by atoms with Gasteiger partial charge in [-0.2, -0.15) is 0 Å². The van der Waals surface area contributed by atoms with E-state index in [1.807, 2.05) is 30.3 Å². The Morgan fingerprint density at radius 3 is 2.52 bits per heavy atom. The first kappa shape index (κ1) is 18.2. The summed E-state index contributed by atoms with van der Waals surface area (Å²) in [4.78, 5) is 34.0. The standard InChI is InChI=1S/C16H19NO6/c1-2-10-22-16(21)17-13(15(19)20)8-9-14(18)23-11-12-6-4-3-5-7-12/h2-7,13H,1,8-11H2,(H,17,21)(H,19,20)/t13-/m1/s1. The molecule has 7 heteroatoms. The first-order valence-electron chi connectivity index (χ1n) is 6.99. The minimum atomic E-state index is -1.25. The van der Waals surface area contributed by atoms with E-state index < -0.39 is 24.1 Å². The van der Waals surface area contributed by atoms with Crippen LogP contribution in [0.1, 0.15) is 18.4 Å². The quantitative estimate of drug-likeness (QED) is 0.532. The van der Waals surface area contributed by atoms with Crippen LogP contribution in [-0.4, -0.2) is 35.8 Å². The minimum Gasteiger partial charge on any atom is -0.480 e. The Morgan fingerprint density at radius 2 is 1.91 bits per heavy atom. The normalized spacial score (nSPS) is 11.1. The first-order chi connectivity index (χ1) is 11.0. The molecule has 23 heavy (non-hydrogen) atoms. The fourth-order valence-corrected chi connectivity index (χ4v) is 1.65. The first-order valence-corrected chi connectivity index (χ1v) is 6.99. The number of carboxylic acid groups (broad SMARTS) is 1. The lowest BCUT2D eigenvalue weighted by molar-refractivity contribution is -0.145. The summed E-state index contributed by atoms with van der Waals surface area (Å²) in [7, 11) is 0. The van der Waals surface area contributed by atoms with Crippen molar-refractivity contribution in [3.8, 4) is 0 Å². The number of ether oxygens (including phenoxy) is 2. The Morgan fingerprint density at radius 1 is 1.22 bits per heavy atom. The number of benzene rings is 1. The van der Waals surface area contributed by atoms with Crippen LogP contribution in [0.25, 0.3) is 0 Å². The van der Waals surface area contributed by atoms with Gasteiger partial charge in [-0.15, -0.1) is 0 Å². The number of carbonyl (C=O) groups excluding carboxylic acids is 2. The van der Waals surface area contributed by atoms with Crippen molar-refractivity contribution in [2.45, 2.75) is 25.5 Å². The number of rotatable bonds is 9. The lowest BCUT2D eigenvalue weighted by Crippen LogP contribution is -2.41. The van der Waals surface area contributed by atoms with Crippen LogP contribution >= 0.6 is 0 Å². The van der Waals surface area contributed by atoms with E-state index >= 15 is 0 Å². The maximum absolute atomic E-state index is 11.6. The van der Waals surface area contributed by atoms with Crippen LogP contribution < -0.4 is 5.32 Å². The molecule has 0 aliphatic heterocycles. The van der Waals surface area contributed by atoms with Crippen LogP contribution in [0, 0.1) is 0 Å². The van der Waals surface area contributed by atoms with Gasteiger partial charge in [0.2, 0.25) is 0 Å². The molecule has 7 nitrogen and oxygen atoms in total. The lowest BCUT2D eigenvalue weighted by Gasteiger charge is -2.13. The van der Waals surface area contributed by atoms with Gasteiger partial charge in [-0.3, -0.25) is 4.79 Å². The summed E-state index contributed by atoms with van der Waals surface area (Å²) in [5, 5.41) is 11.2. The van der Waals surface area contributed by atoms with Gasteiger partial charge in [-0.25, -0.2) is 9.59 Å². The molecule has 0 heterocycles.